The van der Waals surface area contributed by atoms with Crippen LogP contribution in [0.25, 0.3) is 0 Å². The van der Waals surface area contributed by atoms with Crippen molar-refractivity contribution in [2.24, 2.45) is 0 Å². The Kier molecular flexibility index (Phi) is 3.47. The molecule has 1 radical (unpaired) electrons. The number of hydrogen-bond donors (Lipinski definition) is 0. The third-order valence-electron chi connectivity index (χ3n) is 1.83. The normalized spacial score (nSPS) is 18.8. The van der Waals surface area contributed by atoms with Crippen molar-refractivity contribution in [3.63, 3.8) is 0 Å². The van der Waals surface area contributed by atoms with Gasteiger partial charge in [-0.2, -0.15) is 0 Å². The fourth-order valence-electron chi connectivity index (χ4n) is 1.18. The van der Waals surface area contributed by atoms with E-state index < -0.39 is 0 Å². The number of benzene rings is 1. The lowest BCUT2D eigenvalue weighted by Gasteiger charge is -2.19. The topological polar surface area (TPSA) is 0 Å². The van der Waals surface area contributed by atoms with Crippen molar-refractivity contribution in [1.29, 1.82) is 0 Å². The maximum Gasteiger partial charge on any atom is 0.114 e. The number of halogens is 1. The molecule has 1 aliphatic heterocycles. The van der Waals surface area contributed by atoms with Gasteiger partial charge in [0.05, 0.1) is 0 Å². The predicted octanol–water partition coefficient (Wildman–Crippen LogP) is 4.05. The average Bonchev–Trinajstić information content (AvgIpc) is 2.20. The second-order valence-corrected chi connectivity index (χ2v) is 5.75. The number of thioether (sulfide) groups is 2. The van der Waals surface area contributed by atoms with Crippen LogP contribution in [0.15, 0.2) is 24.3 Å². The summed E-state index contributed by atoms with van der Waals surface area (Å²) in [7, 11) is 0. The molecule has 3 heteroatoms. The molecule has 0 aliphatic carbocycles. The van der Waals surface area contributed by atoms with Crippen LogP contribution in [0.4, 0.5) is 0 Å². The lowest BCUT2D eigenvalue weighted by molar-refractivity contribution is 1.12. The average molecular weight is 230 g/mol. The Morgan fingerprint density at radius 3 is 2.23 bits per heavy atom. The summed E-state index contributed by atoms with van der Waals surface area (Å²) in [5, 5.41) is 0.815. The Bertz CT molecular complexity index is 265. The van der Waals surface area contributed by atoms with Crippen molar-refractivity contribution in [1.82, 2.24) is 0 Å². The predicted molar refractivity (Wildman–Crippen MR) is 63.3 cm³/mol. The largest absolute Gasteiger partial charge is 0.137 e. The minimum absolute atomic E-state index is 0.815. The Hall–Kier alpha value is 0.210. The summed E-state index contributed by atoms with van der Waals surface area (Å²) in [6.07, 6.45) is 1.33. The maximum atomic E-state index is 5.83. The van der Waals surface area contributed by atoms with E-state index in [2.05, 4.69) is 12.1 Å². The van der Waals surface area contributed by atoms with E-state index in [0.29, 0.717) is 0 Å². The molecular weight excluding hydrogens is 220 g/mol. The first-order chi connectivity index (χ1) is 6.36. The molecule has 13 heavy (non-hydrogen) atoms. The molecule has 1 aliphatic rings. The van der Waals surface area contributed by atoms with E-state index in [1.807, 2.05) is 35.7 Å². The Morgan fingerprint density at radius 2 is 1.62 bits per heavy atom. The van der Waals surface area contributed by atoms with E-state index in [0.717, 1.165) is 5.02 Å². The summed E-state index contributed by atoms with van der Waals surface area (Å²) >= 11 is 9.75. The van der Waals surface area contributed by atoms with Gasteiger partial charge in [0.1, 0.15) is 4.58 Å². The molecule has 0 N–H and O–H groups in total. The molecule has 1 aromatic rings. The second kappa shape index (κ2) is 4.63. The molecule has 1 aromatic carbocycles. The van der Waals surface area contributed by atoms with Crippen LogP contribution in [0, 0.1) is 4.58 Å². The monoisotopic (exact) mass is 229 g/mol. The van der Waals surface area contributed by atoms with Gasteiger partial charge >= 0.3 is 0 Å². The first-order valence-electron chi connectivity index (χ1n) is 4.25. The van der Waals surface area contributed by atoms with Crippen LogP contribution in [0.1, 0.15) is 12.0 Å². The molecule has 1 saturated heterocycles. The summed E-state index contributed by atoms with van der Waals surface area (Å²) in [5.41, 5.74) is 1.32. The molecule has 0 atom stereocenters. The fraction of sp³-hybridized carbons (Fsp3) is 0.300. The van der Waals surface area contributed by atoms with Gasteiger partial charge in [0.15, 0.2) is 0 Å². The zero-order chi connectivity index (χ0) is 9.10. The van der Waals surface area contributed by atoms with Gasteiger partial charge < -0.3 is 0 Å². The fourth-order valence-corrected chi connectivity index (χ4v) is 3.88. The lowest BCUT2D eigenvalue weighted by Crippen LogP contribution is -2.00. The van der Waals surface area contributed by atoms with E-state index in [1.165, 1.54) is 28.1 Å². The lowest BCUT2D eigenvalue weighted by atomic mass is 10.2. The number of rotatable bonds is 1. The van der Waals surface area contributed by atoms with Crippen molar-refractivity contribution in [3.8, 4) is 0 Å². The van der Waals surface area contributed by atoms with E-state index in [1.54, 1.807) is 0 Å². The third-order valence-corrected chi connectivity index (χ3v) is 4.78. The van der Waals surface area contributed by atoms with E-state index in [4.69, 9.17) is 11.6 Å². The van der Waals surface area contributed by atoms with Gasteiger partial charge in [-0.05, 0) is 35.6 Å². The highest BCUT2D eigenvalue weighted by Gasteiger charge is 2.17. The van der Waals surface area contributed by atoms with Gasteiger partial charge in [0.25, 0.3) is 0 Å². The highest BCUT2D eigenvalue weighted by Crippen LogP contribution is 2.42. The minimum atomic E-state index is 0.815. The summed E-state index contributed by atoms with van der Waals surface area (Å²) in [5.74, 6) is 2.51. The van der Waals surface area contributed by atoms with Crippen LogP contribution in [-0.4, -0.2) is 11.5 Å². The number of hydrogen-bond acceptors (Lipinski definition) is 2. The molecule has 0 nitrogen and oxygen atoms in total. The van der Waals surface area contributed by atoms with Crippen LogP contribution in [0.3, 0.4) is 0 Å². The summed E-state index contributed by atoms with van der Waals surface area (Å²) < 4.78 is 1.45. The summed E-state index contributed by atoms with van der Waals surface area (Å²) in [4.78, 5) is 0. The molecule has 1 fully saturated rings. The Balaban J connectivity index is 2.10. The van der Waals surface area contributed by atoms with Gasteiger partial charge in [0, 0.05) is 5.02 Å². The standard InChI is InChI=1S/C10H10ClS2/c11-9-4-2-8(3-5-9)10-12-6-1-7-13-10/h2-5H,1,6-7H2. The van der Waals surface area contributed by atoms with Gasteiger partial charge in [-0.15, -0.1) is 23.5 Å². The molecule has 0 bridgehead atoms. The SMILES string of the molecule is Clc1ccc([C]2SCCCS2)cc1. The van der Waals surface area contributed by atoms with Crippen LogP contribution >= 0.6 is 35.1 Å². The van der Waals surface area contributed by atoms with Crippen LogP contribution < -0.4 is 0 Å². The van der Waals surface area contributed by atoms with E-state index >= 15 is 0 Å². The van der Waals surface area contributed by atoms with Crippen LogP contribution in [-0.2, 0) is 0 Å². The quantitative estimate of drug-likeness (QED) is 0.713. The first-order valence-corrected chi connectivity index (χ1v) is 6.60. The molecule has 1 heterocycles. The first kappa shape index (κ1) is 9.75. The van der Waals surface area contributed by atoms with Crippen molar-refractivity contribution in [2.45, 2.75) is 6.42 Å². The van der Waals surface area contributed by atoms with Gasteiger partial charge in [-0.3, -0.25) is 0 Å². The zero-order valence-corrected chi connectivity index (χ0v) is 9.51. The molecule has 0 amide bonds. The molecular formula is C10H10ClS2. The molecule has 69 valence electrons. The van der Waals surface area contributed by atoms with Crippen molar-refractivity contribution in [3.05, 3.63) is 39.4 Å². The molecule has 0 unspecified atom stereocenters. The Morgan fingerprint density at radius 1 is 1.00 bits per heavy atom. The minimum Gasteiger partial charge on any atom is -0.137 e. The molecule has 2 rings (SSSR count). The summed E-state index contributed by atoms with van der Waals surface area (Å²) in [6, 6.07) is 8.12. The Labute approximate surface area is 92.4 Å². The highest BCUT2D eigenvalue weighted by atomic mass is 35.5. The second-order valence-electron chi connectivity index (χ2n) is 2.84. The van der Waals surface area contributed by atoms with Crippen LogP contribution in [0.5, 0.6) is 0 Å². The highest BCUT2D eigenvalue weighted by molar-refractivity contribution is 8.21. The van der Waals surface area contributed by atoms with Crippen molar-refractivity contribution >= 4 is 35.1 Å². The van der Waals surface area contributed by atoms with Crippen molar-refractivity contribution in [2.75, 3.05) is 11.5 Å². The molecule has 0 saturated carbocycles. The van der Waals surface area contributed by atoms with Crippen molar-refractivity contribution < 1.29 is 0 Å². The van der Waals surface area contributed by atoms with E-state index in [-0.39, 0.29) is 0 Å². The van der Waals surface area contributed by atoms with Gasteiger partial charge in [-0.25, -0.2) is 0 Å². The van der Waals surface area contributed by atoms with Crippen LogP contribution in [0.2, 0.25) is 5.02 Å². The summed E-state index contributed by atoms with van der Waals surface area (Å²) in [6.45, 7) is 0. The zero-order valence-electron chi connectivity index (χ0n) is 7.13. The maximum absolute atomic E-state index is 5.83. The molecule has 0 aromatic heterocycles. The third kappa shape index (κ3) is 2.58. The smallest absolute Gasteiger partial charge is 0.114 e. The van der Waals surface area contributed by atoms with Gasteiger partial charge in [-0.1, -0.05) is 23.7 Å². The molecule has 0 spiro atoms. The van der Waals surface area contributed by atoms with Gasteiger partial charge in [0.2, 0.25) is 0 Å². The van der Waals surface area contributed by atoms with E-state index in [9.17, 15) is 0 Å².